The van der Waals surface area contributed by atoms with Crippen molar-refractivity contribution in [2.45, 2.75) is 78.6 Å². The number of benzene rings is 8. The molecule has 0 amide bonds. The number of aromatic nitrogens is 2. The minimum atomic E-state index is -0.0471. The van der Waals surface area contributed by atoms with E-state index in [0.29, 0.717) is 6.67 Å². The van der Waals surface area contributed by atoms with Crippen molar-refractivity contribution in [3.05, 3.63) is 217 Å². The van der Waals surface area contributed by atoms with Crippen LogP contribution in [0.4, 0.5) is 22.7 Å². The van der Waals surface area contributed by atoms with E-state index in [1.54, 1.807) is 0 Å². The zero-order valence-electron chi connectivity index (χ0n) is 42.5. The highest BCUT2D eigenvalue weighted by Crippen LogP contribution is 2.51. The maximum atomic E-state index is 6.92. The number of rotatable bonds is 8. The lowest BCUT2D eigenvalue weighted by Crippen LogP contribution is -2.25. The van der Waals surface area contributed by atoms with Crippen LogP contribution in [0, 0.1) is 0 Å². The summed E-state index contributed by atoms with van der Waals surface area (Å²) in [4.78, 5) is 9.95. The molecule has 0 spiro atoms. The third-order valence-electron chi connectivity index (χ3n) is 14.2. The molecule has 3 heterocycles. The van der Waals surface area contributed by atoms with E-state index in [-0.39, 0.29) is 16.2 Å². The average molecular weight is 927 g/mol. The summed E-state index contributed by atoms with van der Waals surface area (Å²) >= 11 is 0. The van der Waals surface area contributed by atoms with Gasteiger partial charge >= 0.3 is 0 Å². The summed E-state index contributed by atoms with van der Waals surface area (Å²) in [5.74, 6) is 2.40. The van der Waals surface area contributed by atoms with Crippen LogP contribution >= 0.6 is 0 Å². The lowest BCUT2D eigenvalue weighted by Gasteiger charge is -2.30. The highest BCUT2D eigenvalue weighted by atomic mass is 16.5. The fourth-order valence-corrected chi connectivity index (χ4v) is 10.1. The third kappa shape index (κ3) is 8.75. The summed E-state index contributed by atoms with van der Waals surface area (Å²) in [5.41, 5.74) is 17.7. The molecular formula is C66H62N4O. The largest absolute Gasteiger partial charge is 0.457 e. The van der Waals surface area contributed by atoms with E-state index in [1.807, 2.05) is 6.20 Å². The standard InChI is InChI=1S/C66H62N4O/c1-64(2,3)49-33-34-67-62(40-49)70-59-32-29-48(47-24-16-23-46(35-47)44-19-12-10-13-20-44)36-58(59)57-31-30-55(42-61(57)70)71-54-26-17-25-52(41-54)68-43-69(53-38-50(65(4,5)6)37-51(39-53)66(7,8)9)63-56(27-18-28-60(63)68)45-21-14-11-15-22-45/h10-42H,43H2,1-9H3. The van der Waals surface area contributed by atoms with Crippen molar-refractivity contribution >= 4 is 44.6 Å². The number of fused-ring (bicyclic) bond motifs is 4. The van der Waals surface area contributed by atoms with Crippen LogP contribution in [0.5, 0.6) is 11.5 Å². The molecule has 0 fully saturated rings. The summed E-state index contributed by atoms with van der Waals surface area (Å²) in [7, 11) is 0. The Morgan fingerprint density at radius 1 is 0.408 bits per heavy atom. The van der Waals surface area contributed by atoms with Crippen LogP contribution in [0.15, 0.2) is 200 Å². The summed E-state index contributed by atoms with van der Waals surface area (Å²) < 4.78 is 9.22. The predicted octanol–water partition coefficient (Wildman–Crippen LogP) is 18.1. The second-order valence-corrected chi connectivity index (χ2v) is 22.3. The maximum Gasteiger partial charge on any atom is 0.137 e. The van der Waals surface area contributed by atoms with Crippen LogP contribution in [-0.2, 0) is 16.2 Å². The first-order valence-electron chi connectivity index (χ1n) is 25.0. The van der Waals surface area contributed by atoms with E-state index in [0.717, 1.165) is 56.1 Å². The van der Waals surface area contributed by atoms with Crippen LogP contribution in [0.3, 0.4) is 0 Å². The first-order chi connectivity index (χ1) is 34.1. The lowest BCUT2D eigenvalue weighted by atomic mass is 9.80. The van der Waals surface area contributed by atoms with E-state index < -0.39 is 0 Å². The molecule has 0 N–H and O–H groups in total. The molecular weight excluding hydrogens is 865 g/mol. The predicted molar refractivity (Wildman–Crippen MR) is 300 cm³/mol. The van der Waals surface area contributed by atoms with Crippen molar-refractivity contribution in [1.82, 2.24) is 9.55 Å². The Morgan fingerprint density at radius 2 is 1.03 bits per heavy atom. The molecule has 0 radical (unpaired) electrons. The number of anilines is 4. The van der Waals surface area contributed by atoms with Crippen LogP contribution in [0.25, 0.3) is 61.0 Å². The Labute approximate surface area is 419 Å². The van der Waals surface area contributed by atoms with Crippen molar-refractivity contribution in [1.29, 1.82) is 0 Å². The monoisotopic (exact) mass is 926 g/mol. The Bertz CT molecular complexity index is 3570. The Kier molecular flexibility index (Phi) is 11.2. The molecule has 1 aliphatic heterocycles. The van der Waals surface area contributed by atoms with Crippen LogP contribution in [-0.4, -0.2) is 16.2 Å². The summed E-state index contributed by atoms with van der Waals surface area (Å²) in [6.45, 7) is 21.3. The van der Waals surface area contributed by atoms with Gasteiger partial charge in [0.2, 0.25) is 0 Å². The summed E-state index contributed by atoms with van der Waals surface area (Å²) in [5, 5.41) is 2.30. The molecule has 352 valence electrons. The molecule has 0 unspecified atom stereocenters. The summed E-state index contributed by atoms with van der Waals surface area (Å²) in [6.07, 6.45) is 1.94. The number of hydrogen-bond donors (Lipinski definition) is 0. The number of hydrogen-bond acceptors (Lipinski definition) is 4. The van der Waals surface area contributed by atoms with Gasteiger partial charge in [-0.15, -0.1) is 0 Å². The van der Waals surface area contributed by atoms with Gasteiger partial charge in [-0.2, -0.15) is 0 Å². The van der Waals surface area contributed by atoms with Crippen molar-refractivity contribution in [3.8, 4) is 50.7 Å². The van der Waals surface area contributed by atoms with Gasteiger partial charge < -0.3 is 14.5 Å². The van der Waals surface area contributed by atoms with Gasteiger partial charge in [0.15, 0.2) is 0 Å². The number of ether oxygens (including phenoxy) is 1. The number of pyridine rings is 1. The van der Waals surface area contributed by atoms with E-state index in [4.69, 9.17) is 9.72 Å². The average Bonchev–Trinajstić information content (AvgIpc) is 3.92. The first-order valence-corrected chi connectivity index (χ1v) is 25.0. The molecule has 2 aromatic heterocycles. The Hall–Kier alpha value is -7.89. The highest BCUT2D eigenvalue weighted by Gasteiger charge is 2.33. The topological polar surface area (TPSA) is 33.5 Å². The second kappa shape index (κ2) is 17.5. The number of nitrogens with zero attached hydrogens (tertiary/aromatic N) is 4. The molecule has 8 aromatic carbocycles. The fraction of sp³-hybridized carbons (Fsp3) is 0.197. The zero-order chi connectivity index (χ0) is 49.2. The molecule has 0 saturated heterocycles. The quantitative estimate of drug-likeness (QED) is 0.152. The molecule has 0 bridgehead atoms. The van der Waals surface area contributed by atoms with E-state index in [9.17, 15) is 0 Å². The normalized spacial score (nSPS) is 13.0. The van der Waals surface area contributed by atoms with Gasteiger partial charge in [-0.25, -0.2) is 4.98 Å². The van der Waals surface area contributed by atoms with E-state index in [1.165, 1.54) is 55.9 Å². The van der Waals surface area contributed by atoms with Crippen LogP contribution in [0.2, 0.25) is 0 Å². The third-order valence-corrected chi connectivity index (χ3v) is 14.2. The molecule has 1 aliphatic rings. The van der Waals surface area contributed by atoms with E-state index in [2.05, 4.69) is 271 Å². The first kappa shape index (κ1) is 45.5. The van der Waals surface area contributed by atoms with Gasteiger partial charge in [-0.1, -0.05) is 172 Å². The van der Waals surface area contributed by atoms with Crippen molar-refractivity contribution < 1.29 is 4.74 Å². The zero-order valence-corrected chi connectivity index (χ0v) is 42.5. The molecule has 11 rings (SSSR count). The van der Waals surface area contributed by atoms with Gasteiger partial charge in [0, 0.05) is 46.0 Å². The van der Waals surface area contributed by atoms with Gasteiger partial charge in [0.25, 0.3) is 0 Å². The molecule has 5 nitrogen and oxygen atoms in total. The Balaban J connectivity index is 0.998. The molecule has 0 aliphatic carbocycles. The summed E-state index contributed by atoms with van der Waals surface area (Å²) in [6, 6.07) is 70.3. The van der Waals surface area contributed by atoms with Crippen LogP contribution in [0.1, 0.15) is 79.0 Å². The molecule has 10 aromatic rings. The highest BCUT2D eigenvalue weighted by molar-refractivity contribution is 6.11. The van der Waals surface area contributed by atoms with Gasteiger partial charge in [-0.3, -0.25) is 4.57 Å². The molecule has 0 saturated carbocycles. The van der Waals surface area contributed by atoms with E-state index >= 15 is 0 Å². The Morgan fingerprint density at radius 3 is 1.73 bits per heavy atom. The van der Waals surface area contributed by atoms with Crippen molar-refractivity contribution in [2.24, 2.45) is 0 Å². The van der Waals surface area contributed by atoms with Gasteiger partial charge in [0.05, 0.1) is 22.4 Å². The minimum absolute atomic E-state index is 0.0223. The molecule has 71 heavy (non-hydrogen) atoms. The van der Waals surface area contributed by atoms with Crippen LogP contribution < -0.4 is 14.5 Å². The van der Waals surface area contributed by atoms with Gasteiger partial charge in [-0.05, 0) is 134 Å². The lowest BCUT2D eigenvalue weighted by molar-refractivity contribution is 0.483. The second-order valence-electron chi connectivity index (χ2n) is 22.3. The molecule has 0 atom stereocenters. The van der Waals surface area contributed by atoms with Gasteiger partial charge in [0.1, 0.15) is 24.0 Å². The smallest absolute Gasteiger partial charge is 0.137 e. The fourth-order valence-electron chi connectivity index (χ4n) is 10.1. The molecule has 5 heteroatoms. The SMILES string of the molecule is CC(C)(C)c1cc(N2CN(c3cccc(Oc4ccc5c6cc(-c7cccc(-c8ccccc8)c7)ccc6n(-c6cc(C(C)(C)C)ccn6)c5c4)c3)c3cccc(-c4ccccc4)c32)cc(C(C)(C)C)c1. The van der Waals surface area contributed by atoms with Crippen molar-refractivity contribution in [2.75, 3.05) is 16.5 Å². The minimum Gasteiger partial charge on any atom is -0.457 e. The van der Waals surface area contributed by atoms with Crippen molar-refractivity contribution in [3.63, 3.8) is 0 Å². The maximum absolute atomic E-state index is 6.92. The number of para-hydroxylation sites is 1.